The number of halogens is 1. The van der Waals surface area contributed by atoms with Gasteiger partial charge in [-0.15, -0.1) is 0 Å². The molecule has 0 aliphatic rings. The monoisotopic (exact) mass is 288 g/mol. The Morgan fingerprint density at radius 3 is 2.82 bits per heavy atom. The summed E-state index contributed by atoms with van der Waals surface area (Å²) in [5, 5.41) is 9.41. The molecule has 1 aromatic carbocycles. The Hall–Kier alpha value is -1.81. The van der Waals surface area contributed by atoms with Crippen LogP contribution in [0.3, 0.4) is 0 Å². The van der Waals surface area contributed by atoms with E-state index in [1.807, 2.05) is 34.9 Å². The van der Waals surface area contributed by atoms with E-state index in [1.165, 1.54) is 0 Å². The number of aromatic hydroxyl groups is 1. The van der Waals surface area contributed by atoms with Crippen LogP contribution in [0.1, 0.15) is 0 Å². The lowest BCUT2D eigenvalue weighted by molar-refractivity contribution is 0.475. The first-order valence-electron chi connectivity index (χ1n) is 5.17. The Morgan fingerprint density at radius 1 is 1.18 bits per heavy atom. The van der Waals surface area contributed by atoms with Gasteiger partial charge in [-0.2, -0.15) is 0 Å². The quantitative estimate of drug-likeness (QED) is 0.744. The Balaban J connectivity index is 2.29. The third kappa shape index (κ3) is 1.70. The van der Waals surface area contributed by atoms with Crippen molar-refractivity contribution in [2.24, 2.45) is 0 Å². The summed E-state index contributed by atoms with van der Waals surface area (Å²) in [5.74, 6) is 1.10. The zero-order chi connectivity index (χ0) is 11.8. The van der Waals surface area contributed by atoms with E-state index in [0.29, 0.717) is 0 Å². The molecule has 3 aromatic rings. The largest absolute Gasteiger partial charge is 0.508 e. The maximum absolute atomic E-state index is 9.41. The average molecular weight is 289 g/mol. The molecule has 2 aromatic heterocycles. The predicted molar refractivity (Wildman–Crippen MR) is 70.0 cm³/mol. The first-order valence-corrected chi connectivity index (χ1v) is 5.96. The van der Waals surface area contributed by atoms with Crippen molar-refractivity contribution >= 4 is 21.4 Å². The Kier molecular flexibility index (Phi) is 2.37. The van der Waals surface area contributed by atoms with E-state index in [4.69, 9.17) is 0 Å². The van der Waals surface area contributed by atoms with Crippen molar-refractivity contribution in [2.45, 2.75) is 0 Å². The van der Waals surface area contributed by atoms with Gasteiger partial charge in [-0.3, -0.25) is 4.40 Å². The lowest BCUT2D eigenvalue weighted by Crippen LogP contribution is -1.89. The van der Waals surface area contributed by atoms with Gasteiger partial charge in [-0.05, 0) is 12.1 Å². The van der Waals surface area contributed by atoms with Gasteiger partial charge in [0, 0.05) is 22.3 Å². The molecule has 0 unspecified atom stereocenters. The highest BCUT2D eigenvalue weighted by Gasteiger charge is 2.09. The van der Waals surface area contributed by atoms with E-state index in [2.05, 4.69) is 20.9 Å². The van der Waals surface area contributed by atoms with Crippen LogP contribution in [0.5, 0.6) is 5.75 Å². The number of aromatic nitrogens is 2. The van der Waals surface area contributed by atoms with Crippen LogP contribution in [0.2, 0.25) is 0 Å². The average Bonchev–Trinajstić information content (AvgIpc) is 2.72. The molecule has 1 N–H and O–H groups in total. The number of fused-ring (bicyclic) bond motifs is 1. The van der Waals surface area contributed by atoms with Gasteiger partial charge in [0.15, 0.2) is 0 Å². The Labute approximate surface area is 106 Å². The zero-order valence-electron chi connectivity index (χ0n) is 8.84. The molecule has 0 atom stereocenters. The molecule has 2 heterocycles. The fourth-order valence-corrected chi connectivity index (χ4v) is 2.29. The maximum Gasteiger partial charge on any atom is 0.145 e. The lowest BCUT2D eigenvalue weighted by atomic mass is 10.2. The van der Waals surface area contributed by atoms with Crippen LogP contribution in [0, 0.1) is 0 Å². The standard InChI is InChI=1S/C13H9BrN2O/c14-12-4-2-1-3-11(12)13-15-8-9-7-10(17)5-6-16(9)13/h1-8,17H. The first kappa shape index (κ1) is 10.4. The number of rotatable bonds is 1. The minimum absolute atomic E-state index is 0.246. The molecule has 0 fully saturated rings. The summed E-state index contributed by atoms with van der Waals surface area (Å²) in [5.41, 5.74) is 1.90. The smallest absolute Gasteiger partial charge is 0.145 e. The van der Waals surface area contributed by atoms with Crippen LogP contribution >= 0.6 is 15.9 Å². The molecule has 84 valence electrons. The summed E-state index contributed by atoms with van der Waals surface area (Å²) in [6.07, 6.45) is 3.56. The summed E-state index contributed by atoms with van der Waals surface area (Å²) >= 11 is 3.52. The third-order valence-electron chi connectivity index (χ3n) is 2.63. The van der Waals surface area contributed by atoms with Gasteiger partial charge < -0.3 is 5.11 Å². The van der Waals surface area contributed by atoms with Crippen molar-refractivity contribution in [1.29, 1.82) is 0 Å². The number of benzene rings is 1. The van der Waals surface area contributed by atoms with Crippen molar-refractivity contribution < 1.29 is 5.11 Å². The molecule has 0 saturated heterocycles. The number of nitrogens with zero attached hydrogens (tertiary/aromatic N) is 2. The normalized spacial score (nSPS) is 10.9. The molecule has 0 aliphatic carbocycles. The molecule has 0 saturated carbocycles. The molecular formula is C13H9BrN2O. The second kappa shape index (κ2) is 3.89. The topological polar surface area (TPSA) is 37.5 Å². The molecule has 0 radical (unpaired) electrons. The van der Waals surface area contributed by atoms with E-state index in [-0.39, 0.29) is 5.75 Å². The van der Waals surface area contributed by atoms with Crippen LogP contribution in [-0.2, 0) is 0 Å². The predicted octanol–water partition coefficient (Wildman–Crippen LogP) is 3.47. The highest BCUT2D eigenvalue weighted by Crippen LogP contribution is 2.28. The fourth-order valence-electron chi connectivity index (χ4n) is 1.83. The summed E-state index contributed by atoms with van der Waals surface area (Å²) in [7, 11) is 0. The van der Waals surface area contributed by atoms with E-state index < -0.39 is 0 Å². The van der Waals surface area contributed by atoms with Crippen molar-refractivity contribution in [3.8, 4) is 17.1 Å². The number of pyridine rings is 1. The number of imidazole rings is 1. The summed E-state index contributed by atoms with van der Waals surface area (Å²) in [6.45, 7) is 0. The highest BCUT2D eigenvalue weighted by molar-refractivity contribution is 9.10. The van der Waals surface area contributed by atoms with Crippen LogP contribution < -0.4 is 0 Å². The second-order valence-electron chi connectivity index (χ2n) is 3.74. The Bertz CT molecular complexity index is 691. The van der Waals surface area contributed by atoms with Crippen molar-refractivity contribution in [3.05, 3.63) is 53.3 Å². The molecule has 17 heavy (non-hydrogen) atoms. The van der Waals surface area contributed by atoms with Crippen molar-refractivity contribution in [2.75, 3.05) is 0 Å². The fraction of sp³-hybridized carbons (Fsp3) is 0. The molecule has 3 rings (SSSR count). The molecule has 0 spiro atoms. The van der Waals surface area contributed by atoms with Crippen LogP contribution in [0.4, 0.5) is 0 Å². The van der Waals surface area contributed by atoms with Crippen molar-refractivity contribution in [1.82, 2.24) is 9.38 Å². The van der Waals surface area contributed by atoms with Gasteiger partial charge in [-0.25, -0.2) is 4.98 Å². The van der Waals surface area contributed by atoms with Gasteiger partial charge in [0.25, 0.3) is 0 Å². The maximum atomic E-state index is 9.41. The van der Waals surface area contributed by atoms with Gasteiger partial charge in [0.1, 0.15) is 11.6 Å². The van der Waals surface area contributed by atoms with E-state index >= 15 is 0 Å². The van der Waals surface area contributed by atoms with E-state index in [1.54, 1.807) is 18.3 Å². The number of hydrogen-bond acceptors (Lipinski definition) is 2. The summed E-state index contributed by atoms with van der Waals surface area (Å²) in [4.78, 5) is 4.39. The zero-order valence-corrected chi connectivity index (χ0v) is 10.4. The van der Waals surface area contributed by atoms with Gasteiger partial charge in [-0.1, -0.05) is 34.1 Å². The van der Waals surface area contributed by atoms with Gasteiger partial charge in [0.2, 0.25) is 0 Å². The van der Waals surface area contributed by atoms with Crippen LogP contribution in [-0.4, -0.2) is 14.5 Å². The number of hydrogen-bond donors (Lipinski definition) is 1. The molecular weight excluding hydrogens is 280 g/mol. The highest BCUT2D eigenvalue weighted by atomic mass is 79.9. The van der Waals surface area contributed by atoms with Gasteiger partial charge in [0.05, 0.1) is 11.7 Å². The van der Waals surface area contributed by atoms with E-state index in [0.717, 1.165) is 21.4 Å². The first-order chi connectivity index (χ1) is 8.25. The third-order valence-corrected chi connectivity index (χ3v) is 3.32. The van der Waals surface area contributed by atoms with Crippen molar-refractivity contribution in [3.63, 3.8) is 0 Å². The lowest BCUT2D eigenvalue weighted by Gasteiger charge is -2.03. The minimum atomic E-state index is 0.246. The molecule has 0 amide bonds. The minimum Gasteiger partial charge on any atom is -0.508 e. The second-order valence-corrected chi connectivity index (χ2v) is 4.60. The van der Waals surface area contributed by atoms with Crippen LogP contribution in [0.15, 0.2) is 53.3 Å². The van der Waals surface area contributed by atoms with E-state index in [9.17, 15) is 5.11 Å². The Morgan fingerprint density at radius 2 is 2.00 bits per heavy atom. The molecule has 4 heteroatoms. The van der Waals surface area contributed by atoms with Gasteiger partial charge >= 0.3 is 0 Å². The SMILES string of the molecule is Oc1ccn2c(-c3ccccc3Br)ncc2c1. The summed E-state index contributed by atoms with van der Waals surface area (Å²) in [6, 6.07) is 11.3. The molecule has 0 aliphatic heterocycles. The van der Waals surface area contributed by atoms with Crippen LogP contribution in [0.25, 0.3) is 16.9 Å². The summed E-state index contributed by atoms with van der Waals surface area (Å²) < 4.78 is 2.94. The molecule has 3 nitrogen and oxygen atoms in total. The molecule has 0 bridgehead atoms.